The van der Waals surface area contributed by atoms with Gasteiger partial charge in [0.05, 0.1) is 6.20 Å². The predicted molar refractivity (Wildman–Crippen MR) is 77.2 cm³/mol. The summed E-state index contributed by atoms with van der Waals surface area (Å²) in [5.41, 5.74) is 1.78. The van der Waals surface area contributed by atoms with E-state index in [1.54, 1.807) is 13.2 Å². The molecule has 0 saturated heterocycles. The van der Waals surface area contributed by atoms with Crippen molar-refractivity contribution in [2.75, 3.05) is 5.32 Å². The second kappa shape index (κ2) is 4.62. The molecule has 0 unspecified atom stereocenters. The van der Waals surface area contributed by atoms with Gasteiger partial charge in [0.25, 0.3) is 5.56 Å². The third-order valence-corrected chi connectivity index (χ3v) is 3.48. The molecule has 0 aromatic carbocycles. The number of fused-ring (bicyclic) bond motifs is 1. The van der Waals surface area contributed by atoms with E-state index in [1.165, 1.54) is 11.6 Å². The van der Waals surface area contributed by atoms with Crippen LogP contribution in [0.4, 0.5) is 5.95 Å². The van der Waals surface area contributed by atoms with Crippen LogP contribution in [0.15, 0.2) is 15.8 Å². The number of aryl methyl sites for hydroxylation is 2. The van der Waals surface area contributed by atoms with Gasteiger partial charge in [0.15, 0.2) is 11.2 Å². The van der Waals surface area contributed by atoms with Crippen LogP contribution in [0, 0.1) is 6.92 Å². The fourth-order valence-corrected chi connectivity index (χ4v) is 2.14. The summed E-state index contributed by atoms with van der Waals surface area (Å²) in [5.74, 6) is 0.434. The average Bonchev–Trinajstić information content (AvgIpc) is 3.07. The molecule has 3 N–H and O–H groups in total. The number of H-pyrrole nitrogens is 2. The molecule has 21 heavy (non-hydrogen) atoms. The first-order chi connectivity index (χ1) is 9.99. The summed E-state index contributed by atoms with van der Waals surface area (Å²) >= 11 is 0. The van der Waals surface area contributed by atoms with Gasteiger partial charge in [-0.2, -0.15) is 10.1 Å². The van der Waals surface area contributed by atoms with Crippen LogP contribution in [0.2, 0.25) is 0 Å². The van der Waals surface area contributed by atoms with Gasteiger partial charge in [0.2, 0.25) is 5.95 Å². The highest BCUT2D eigenvalue weighted by atomic mass is 16.2. The molecule has 0 saturated carbocycles. The van der Waals surface area contributed by atoms with Crippen LogP contribution < -0.4 is 16.6 Å². The SMILES string of the molecule is Cc1[nH]ncc1CNc1nc2c([nH]1)c(=O)n(C)c(=O)n2C. The Hall–Kier alpha value is -2.84. The number of hydrogen-bond donors (Lipinski definition) is 3. The van der Waals surface area contributed by atoms with E-state index in [1.807, 2.05) is 6.92 Å². The molecule has 0 bridgehead atoms. The molecule has 3 aromatic rings. The van der Waals surface area contributed by atoms with E-state index >= 15 is 0 Å². The Morgan fingerprint density at radius 3 is 2.71 bits per heavy atom. The quantitative estimate of drug-likeness (QED) is 0.607. The Labute approximate surface area is 118 Å². The van der Waals surface area contributed by atoms with Crippen LogP contribution in [0.3, 0.4) is 0 Å². The van der Waals surface area contributed by atoms with Crippen molar-refractivity contribution in [1.29, 1.82) is 0 Å². The van der Waals surface area contributed by atoms with Crippen molar-refractivity contribution in [3.63, 3.8) is 0 Å². The lowest BCUT2D eigenvalue weighted by molar-refractivity contribution is 0.709. The normalized spacial score (nSPS) is 11.2. The Kier molecular flexibility index (Phi) is 2.89. The van der Waals surface area contributed by atoms with Gasteiger partial charge in [-0.1, -0.05) is 0 Å². The number of aromatic amines is 2. The van der Waals surface area contributed by atoms with Crippen molar-refractivity contribution in [1.82, 2.24) is 29.3 Å². The van der Waals surface area contributed by atoms with Gasteiger partial charge in [0, 0.05) is 31.9 Å². The molecule has 3 rings (SSSR count). The molecule has 0 atom stereocenters. The van der Waals surface area contributed by atoms with Gasteiger partial charge in [-0.25, -0.2) is 4.79 Å². The van der Waals surface area contributed by atoms with Crippen molar-refractivity contribution >= 4 is 17.1 Å². The predicted octanol–water partition coefficient (Wildman–Crippen LogP) is -0.396. The number of rotatable bonds is 3. The van der Waals surface area contributed by atoms with E-state index in [4.69, 9.17) is 0 Å². The molecule has 0 spiro atoms. The topological polar surface area (TPSA) is 113 Å². The number of aromatic nitrogens is 6. The zero-order chi connectivity index (χ0) is 15.1. The number of anilines is 1. The minimum Gasteiger partial charge on any atom is -0.352 e. The lowest BCUT2D eigenvalue weighted by Crippen LogP contribution is -2.36. The number of hydrogen-bond acceptors (Lipinski definition) is 5. The summed E-state index contributed by atoms with van der Waals surface area (Å²) in [6.45, 7) is 2.43. The molecule has 0 aliphatic rings. The molecule has 110 valence electrons. The maximum Gasteiger partial charge on any atom is 0.332 e. The molecule has 0 aliphatic carbocycles. The third-order valence-electron chi connectivity index (χ3n) is 3.48. The summed E-state index contributed by atoms with van der Waals surface area (Å²) in [6, 6.07) is 0. The van der Waals surface area contributed by atoms with E-state index in [9.17, 15) is 9.59 Å². The zero-order valence-electron chi connectivity index (χ0n) is 11.9. The summed E-state index contributed by atoms with van der Waals surface area (Å²) in [6.07, 6.45) is 1.72. The van der Waals surface area contributed by atoms with Crippen LogP contribution in [0.1, 0.15) is 11.3 Å². The van der Waals surface area contributed by atoms with Gasteiger partial charge < -0.3 is 10.3 Å². The van der Waals surface area contributed by atoms with Crippen molar-refractivity contribution in [2.45, 2.75) is 13.5 Å². The third kappa shape index (κ3) is 2.02. The summed E-state index contributed by atoms with van der Waals surface area (Å²) < 4.78 is 2.38. The molecule has 9 nitrogen and oxygen atoms in total. The summed E-state index contributed by atoms with van der Waals surface area (Å²) in [4.78, 5) is 31.0. The Bertz CT molecular complexity index is 927. The Morgan fingerprint density at radius 1 is 1.29 bits per heavy atom. The fourth-order valence-electron chi connectivity index (χ4n) is 2.14. The monoisotopic (exact) mass is 289 g/mol. The number of nitrogens with zero attached hydrogens (tertiary/aromatic N) is 4. The molecular weight excluding hydrogens is 274 g/mol. The van der Waals surface area contributed by atoms with Gasteiger partial charge in [0.1, 0.15) is 0 Å². The van der Waals surface area contributed by atoms with Crippen molar-refractivity contribution < 1.29 is 0 Å². The maximum atomic E-state index is 12.0. The molecule has 0 aliphatic heterocycles. The van der Waals surface area contributed by atoms with E-state index in [0.717, 1.165) is 15.8 Å². The molecular formula is C12H15N7O2. The zero-order valence-corrected chi connectivity index (χ0v) is 11.9. The largest absolute Gasteiger partial charge is 0.352 e. The average molecular weight is 289 g/mol. The van der Waals surface area contributed by atoms with Gasteiger partial charge in [-0.15, -0.1) is 0 Å². The highest BCUT2D eigenvalue weighted by Gasteiger charge is 2.13. The van der Waals surface area contributed by atoms with Crippen molar-refractivity contribution in [3.8, 4) is 0 Å². The fraction of sp³-hybridized carbons (Fsp3) is 0.333. The smallest absolute Gasteiger partial charge is 0.332 e. The van der Waals surface area contributed by atoms with E-state index in [0.29, 0.717) is 23.7 Å². The molecule has 0 fully saturated rings. The van der Waals surface area contributed by atoms with Crippen LogP contribution >= 0.6 is 0 Å². The Balaban J connectivity index is 2.00. The standard InChI is InChI=1S/C12H15N7O2/c1-6-7(5-14-17-6)4-13-11-15-8-9(16-11)18(2)12(21)19(3)10(8)20/h5H,4H2,1-3H3,(H,14,17)(H2,13,15,16). The van der Waals surface area contributed by atoms with E-state index < -0.39 is 11.2 Å². The molecule has 0 radical (unpaired) electrons. The number of nitrogens with one attached hydrogen (secondary N) is 3. The van der Waals surface area contributed by atoms with E-state index in [2.05, 4.69) is 25.5 Å². The minimum atomic E-state index is -0.406. The summed E-state index contributed by atoms with van der Waals surface area (Å²) in [5, 5.41) is 9.86. The van der Waals surface area contributed by atoms with Gasteiger partial charge >= 0.3 is 5.69 Å². The first-order valence-electron chi connectivity index (χ1n) is 6.37. The minimum absolute atomic E-state index is 0.297. The van der Waals surface area contributed by atoms with E-state index in [-0.39, 0.29) is 0 Å². The van der Waals surface area contributed by atoms with Crippen LogP contribution in [0.5, 0.6) is 0 Å². The maximum absolute atomic E-state index is 12.0. The number of imidazole rings is 1. The second-order valence-electron chi connectivity index (χ2n) is 4.86. The van der Waals surface area contributed by atoms with Gasteiger partial charge in [-0.05, 0) is 6.92 Å². The molecule has 9 heteroatoms. The van der Waals surface area contributed by atoms with Crippen LogP contribution in [-0.2, 0) is 20.6 Å². The highest BCUT2D eigenvalue weighted by Crippen LogP contribution is 2.10. The highest BCUT2D eigenvalue weighted by molar-refractivity contribution is 5.72. The van der Waals surface area contributed by atoms with Crippen molar-refractivity contribution in [3.05, 3.63) is 38.3 Å². The van der Waals surface area contributed by atoms with Gasteiger partial charge in [-0.3, -0.25) is 19.0 Å². The summed E-state index contributed by atoms with van der Waals surface area (Å²) in [7, 11) is 3.02. The Morgan fingerprint density at radius 2 is 2.05 bits per heavy atom. The van der Waals surface area contributed by atoms with Crippen molar-refractivity contribution in [2.24, 2.45) is 14.1 Å². The first-order valence-corrected chi connectivity index (χ1v) is 6.37. The molecule has 3 heterocycles. The molecule has 3 aromatic heterocycles. The second-order valence-corrected chi connectivity index (χ2v) is 4.86. The van der Waals surface area contributed by atoms with Crippen LogP contribution in [0.25, 0.3) is 11.2 Å². The first kappa shape index (κ1) is 13.2. The molecule has 0 amide bonds. The van der Waals surface area contributed by atoms with Crippen LogP contribution in [-0.4, -0.2) is 29.3 Å². The lowest BCUT2D eigenvalue weighted by Gasteiger charge is -2.00. The lowest BCUT2D eigenvalue weighted by atomic mass is 10.3.